The van der Waals surface area contributed by atoms with Gasteiger partial charge in [-0.1, -0.05) is 23.2 Å². The number of thiocarbonyl (C=S) groups is 1. The second kappa shape index (κ2) is 7.72. The van der Waals surface area contributed by atoms with Crippen LogP contribution >= 0.6 is 35.4 Å². The molecule has 0 atom stereocenters. The van der Waals surface area contributed by atoms with Crippen molar-refractivity contribution in [1.29, 1.82) is 0 Å². The lowest BCUT2D eigenvalue weighted by atomic mass is 10.3. The van der Waals surface area contributed by atoms with Gasteiger partial charge in [0.2, 0.25) is 0 Å². The number of ether oxygens (including phenoxy) is 2. The zero-order chi connectivity index (χ0) is 14.4. The molecule has 0 spiro atoms. The van der Waals surface area contributed by atoms with E-state index in [1.807, 2.05) is 0 Å². The summed E-state index contributed by atoms with van der Waals surface area (Å²) in [4.78, 5) is 2.06. The second-order valence-corrected chi connectivity index (χ2v) is 5.34. The molecule has 3 nitrogen and oxygen atoms in total. The molecule has 1 fully saturated rings. The van der Waals surface area contributed by atoms with Crippen molar-refractivity contribution in [3.8, 4) is 11.5 Å². The van der Waals surface area contributed by atoms with Crippen LogP contribution in [0.2, 0.25) is 5.02 Å². The third kappa shape index (κ3) is 4.27. The molecule has 0 radical (unpaired) electrons. The van der Waals surface area contributed by atoms with E-state index in [1.165, 1.54) is 5.54 Å². The number of likely N-dealkylation sites (tertiary alicyclic amines) is 1. The highest BCUT2D eigenvalue weighted by Crippen LogP contribution is 2.29. The fourth-order valence-corrected chi connectivity index (χ4v) is 2.42. The summed E-state index contributed by atoms with van der Waals surface area (Å²) in [5, 5.41) is 1.02. The van der Waals surface area contributed by atoms with Gasteiger partial charge in [0, 0.05) is 24.7 Å². The van der Waals surface area contributed by atoms with Crippen LogP contribution in [0.5, 0.6) is 11.5 Å². The Balaban J connectivity index is 2.00. The van der Waals surface area contributed by atoms with E-state index in [-0.39, 0.29) is 0 Å². The normalized spacial score (nSPS) is 14.8. The van der Waals surface area contributed by atoms with Gasteiger partial charge in [-0.15, -0.1) is 0 Å². The first-order chi connectivity index (χ1) is 9.70. The molecule has 1 heterocycles. The molecule has 1 aromatic rings. The summed E-state index contributed by atoms with van der Waals surface area (Å²) in [6.45, 7) is 2.26. The average Bonchev–Trinajstić information content (AvgIpc) is 2.96. The van der Waals surface area contributed by atoms with Gasteiger partial charge in [0.05, 0.1) is 5.02 Å². The Kier molecular flexibility index (Phi) is 5.95. The smallest absolute Gasteiger partial charge is 0.264 e. The molecular weight excluding hydrogens is 317 g/mol. The first-order valence-electron chi connectivity index (χ1n) is 6.35. The molecule has 2 rings (SSSR count). The lowest BCUT2D eigenvalue weighted by Crippen LogP contribution is -2.30. The van der Waals surface area contributed by atoms with Crippen molar-refractivity contribution in [2.45, 2.75) is 12.8 Å². The zero-order valence-electron chi connectivity index (χ0n) is 10.9. The number of rotatable bonds is 4. The maximum absolute atomic E-state index is 6.06. The van der Waals surface area contributed by atoms with Crippen molar-refractivity contribution < 1.29 is 9.47 Å². The molecule has 0 N–H and O–H groups in total. The molecule has 6 heteroatoms. The summed E-state index contributed by atoms with van der Waals surface area (Å²) in [6.07, 6.45) is 3.99. The van der Waals surface area contributed by atoms with Gasteiger partial charge in [-0.3, -0.25) is 0 Å². The fourth-order valence-electron chi connectivity index (χ4n) is 1.90. The highest BCUT2D eigenvalue weighted by Gasteiger charge is 2.16. The van der Waals surface area contributed by atoms with Gasteiger partial charge in [-0.2, -0.15) is 0 Å². The Morgan fingerprint density at radius 3 is 2.80 bits per heavy atom. The van der Waals surface area contributed by atoms with Crippen molar-refractivity contribution in [1.82, 2.24) is 4.90 Å². The fraction of sp³-hybridized carbons (Fsp3) is 0.357. The molecule has 0 bridgehead atoms. The van der Waals surface area contributed by atoms with Gasteiger partial charge in [0.15, 0.2) is 0 Å². The molecule has 1 aliphatic heterocycles. The quantitative estimate of drug-likeness (QED) is 0.769. The predicted molar refractivity (Wildman–Crippen MR) is 86.0 cm³/mol. The van der Waals surface area contributed by atoms with Crippen LogP contribution in [0.1, 0.15) is 12.8 Å². The molecule has 0 saturated carbocycles. The summed E-state index contributed by atoms with van der Waals surface area (Å²) in [7, 11) is 0. The molecular formula is C14H15Cl2NO2S. The van der Waals surface area contributed by atoms with Crippen LogP contribution in [-0.2, 0) is 0 Å². The molecule has 0 aliphatic carbocycles. The lowest BCUT2D eigenvalue weighted by molar-refractivity contribution is 0.359. The van der Waals surface area contributed by atoms with Crippen LogP contribution in [0.25, 0.3) is 0 Å². The average molecular weight is 332 g/mol. The van der Waals surface area contributed by atoms with E-state index in [9.17, 15) is 0 Å². The van der Waals surface area contributed by atoms with Crippen LogP contribution in [0.3, 0.4) is 0 Å². The van der Waals surface area contributed by atoms with E-state index >= 15 is 0 Å². The van der Waals surface area contributed by atoms with E-state index in [2.05, 4.69) is 4.90 Å². The topological polar surface area (TPSA) is 21.7 Å². The monoisotopic (exact) mass is 331 g/mol. The molecule has 20 heavy (non-hydrogen) atoms. The highest BCUT2D eigenvalue weighted by molar-refractivity contribution is 7.80. The van der Waals surface area contributed by atoms with Crippen LogP contribution in [0.4, 0.5) is 0 Å². The summed E-state index contributed by atoms with van der Waals surface area (Å²) >= 11 is 16.8. The lowest BCUT2D eigenvalue weighted by Gasteiger charge is -2.18. The van der Waals surface area contributed by atoms with Crippen LogP contribution in [0.15, 0.2) is 29.8 Å². The van der Waals surface area contributed by atoms with Gasteiger partial charge in [-0.05, 0) is 43.3 Å². The van der Waals surface area contributed by atoms with Crippen LogP contribution in [-0.4, -0.2) is 29.8 Å². The van der Waals surface area contributed by atoms with Gasteiger partial charge in [-0.25, -0.2) is 0 Å². The molecule has 108 valence electrons. The Hall–Kier alpha value is -0.970. The summed E-state index contributed by atoms with van der Waals surface area (Å²) in [6, 6.07) is 5.23. The zero-order valence-corrected chi connectivity index (χ0v) is 13.2. The van der Waals surface area contributed by atoms with Crippen molar-refractivity contribution in [3.05, 3.63) is 34.8 Å². The SMILES string of the molecule is S=C(Oc1ccc(Cl)c(OCC=CCl)c1)N1CCCC1. The molecule has 1 saturated heterocycles. The molecule has 0 aromatic heterocycles. The molecule has 1 aromatic carbocycles. The van der Waals surface area contributed by atoms with Crippen LogP contribution in [0, 0.1) is 0 Å². The van der Waals surface area contributed by atoms with Gasteiger partial charge < -0.3 is 14.4 Å². The Labute approximate surface area is 134 Å². The number of hydrogen-bond donors (Lipinski definition) is 0. The number of benzene rings is 1. The maximum Gasteiger partial charge on any atom is 0.264 e. The first-order valence-corrected chi connectivity index (χ1v) is 7.57. The van der Waals surface area contributed by atoms with Crippen molar-refractivity contribution in [3.63, 3.8) is 0 Å². The summed E-state index contributed by atoms with van der Waals surface area (Å²) in [5.41, 5.74) is 1.40. The predicted octanol–water partition coefficient (Wildman–Crippen LogP) is 4.23. The van der Waals surface area contributed by atoms with E-state index in [0.29, 0.717) is 28.3 Å². The minimum absolute atomic E-state index is 0.350. The van der Waals surface area contributed by atoms with Gasteiger partial charge in [0.1, 0.15) is 18.1 Å². The highest BCUT2D eigenvalue weighted by atomic mass is 35.5. The third-order valence-corrected chi connectivity index (χ3v) is 3.73. The van der Waals surface area contributed by atoms with Crippen LogP contribution < -0.4 is 9.47 Å². The van der Waals surface area contributed by atoms with Crippen molar-refractivity contribution in [2.75, 3.05) is 19.7 Å². The Bertz CT molecular complexity index is 502. The Morgan fingerprint density at radius 2 is 2.10 bits per heavy atom. The van der Waals surface area contributed by atoms with Crippen molar-refractivity contribution in [2.24, 2.45) is 0 Å². The van der Waals surface area contributed by atoms with E-state index in [1.54, 1.807) is 24.3 Å². The molecule has 0 amide bonds. The maximum atomic E-state index is 6.06. The largest absolute Gasteiger partial charge is 0.488 e. The molecule has 1 aliphatic rings. The second-order valence-electron chi connectivity index (χ2n) is 4.33. The minimum atomic E-state index is 0.350. The third-order valence-electron chi connectivity index (χ3n) is 2.90. The Morgan fingerprint density at radius 1 is 1.35 bits per heavy atom. The van der Waals surface area contributed by atoms with E-state index in [0.717, 1.165) is 25.9 Å². The number of halogens is 2. The van der Waals surface area contributed by atoms with E-state index in [4.69, 9.17) is 44.9 Å². The first kappa shape index (κ1) is 15.4. The van der Waals surface area contributed by atoms with Gasteiger partial charge in [0.25, 0.3) is 5.17 Å². The molecule has 0 unspecified atom stereocenters. The minimum Gasteiger partial charge on any atom is -0.488 e. The van der Waals surface area contributed by atoms with E-state index < -0.39 is 0 Å². The van der Waals surface area contributed by atoms with Gasteiger partial charge >= 0.3 is 0 Å². The number of nitrogens with zero attached hydrogens (tertiary/aromatic N) is 1. The van der Waals surface area contributed by atoms with Crippen molar-refractivity contribution >= 4 is 40.6 Å². The summed E-state index contributed by atoms with van der Waals surface area (Å²) < 4.78 is 11.2. The summed E-state index contributed by atoms with van der Waals surface area (Å²) in [5.74, 6) is 1.17. The number of hydrogen-bond acceptors (Lipinski definition) is 3. The standard InChI is InChI=1S/C14H15Cl2NO2S/c15-6-3-9-18-13-10-11(4-5-12(13)16)19-14(20)17-7-1-2-8-17/h3-6,10H,1-2,7-9H2.